The molecule has 1 aromatic rings. The number of rotatable bonds is 7. The predicted molar refractivity (Wildman–Crippen MR) is 94.5 cm³/mol. The fourth-order valence-corrected chi connectivity index (χ4v) is 2.69. The SMILES string of the molecule is COCCCOc1ccccc1NC(=O)[C@H]1CCN[C@@H](C)C1.Cl. The van der Waals surface area contributed by atoms with Crippen molar-refractivity contribution < 1.29 is 14.3 Å². The van der Waals surface area contributed by atoms with E-state index in [1.807, 2.05) is 24.3 Å². The molecule has 1 aliphatic heterocycles. The van der Waals surface area contributed by atoms with E-state index in [2.05, 4.69) is 17.6 Å². The summed E-state index contributed by atoms with van der Waals surface area (Å²) >= 11 is 0. The molecular formula is C17H27ClN2O3. The number of carbonyl (C=O) groups is 1. The van der Waals surface area contributed by atoms with Crippen LogP contribution in [0.2, 0.25) is 0 Å². The number of anilines is 1. The molecule has 0 aliphatic carbocycles. The van der Waals surface area contributed by atoms with Crippen molar-refractivity contribution in [2.75, 3.05) is 32.2 Å². The minimum Gasteiger partial charge on any atom is -0.491 e. The van der Waals surface area contributed by atoms with E-state index < -0.39 is 0 Å². The summed E-state index contributed by atoms with van der Waals surface area (Å²) in [5.41, 5.74) is 0.746. The first-order valence-electron chi connectivity index (χ1n) is 7.95. The van der Waals surface area contributed by atoms with Crippen LogP contribution in [-0.4, -0.2) is 38.8 Å². The van der Waals surface area contributed by atoms with Crippen molar-refractivity contribution in [1.29, 1.82) is 0 Å². The Hall–Kier alpha value is -1.30. The van der Waals surface area contributed by atoms with Gasteiger partial charge in [-0.25, -0.2) is 0 Å². The number of nitrogens with one attached hydrogen (secondary N) is 2. The van der Waals surface area contributed by atoms with E-state index in [1.165, 1.54) is 0 Å². The maximum atomic E-state index is 12.4. The van der Waals surface area contributed by atoms with Gasteiger partial charge in [0.2, 0.25) is 5.91 Å². The van der Waals surface area contributed by atoms with Crippen molar-refractivity contribution in [2.24, 2.45) is 5.92 Å². The molecule has 0 bridgehead atoms. The van der Waals surface area contributed by atoms with Crippen LogP contribution in [0.1, 0.15) is 26.2 Å². The number of ether oxygens (including phenoxy) is 2. The summed E-state index contributed by atoms with van der Waals surface area (Å²) in [6, 6.07) is 7.98. The molecule has 1 aromatic carbocycles. The van der Waals surface area contributed by atoms with Crippen molar-refractivity contribution >= 4 is 24.0 Å². The monoisotopic (exact) mass is 342 g/mol. The molecule has 1 heterocycles. The van der Waals surface area contributed by atoms with Crippen LogP contribution in [0.25, 0.3) is 0 Å². The Bertz CT molecular complexity index is 485. The number of benzene rings is 1. The molecule has 2 N–H and O–H groups in total. The number of piperidine rings is 1. The van der Waals surface area contributed by atoms with Gasteiger partial charge in [0.15, 0.2) is 0 Å². The summed E-state index contributed by atoms with van der Waals surface area (Å²) in [4.78, 5) is 12.4. The maximum Gasteiger partial charge on any atom is 0.227 e. The van der Waals surface area contributed by atoms with Gasteiger partial charge in [-0.2, -0.15) is 0 Å². The lowest BCUT2D eigenvalue weighted by atomic mass is 9.92. The molecule has 130 valence electrons. The highest BCUT2D eigenvalue weighted by Gasteiger charge is 2.25. The average molecular weight is 343 g/mol. The lowest BCUT2D eigenvalue weighted by molar-refractivity contribution is -0.120. The van der Waals surface area contributed by atoms with E-state index in [0.29, 0.717) is 25.0 Å². The third-order valence-corrected chi connectivity index (χ3v) is 3.89. The standard InChI is InChI=1S/C17H26N2O3.ClH/c1-13-12-14(8-9-18-13)17(20)19-15-6-3-4-7-16(15)22-11-5-10-21-2;/h3-4,6-7,13-14,18H,5,8-12H2,1-2H3,(H,19,20);1H/t13-,14-;/m0./s1. The molecule has 2 rings (SSSR count). The van der Waals surface area contributed by atoms with Gasteiger partial charge in [-0.3, -0.25) is 4.79 Å². The van der Waals surface area contributed by atoms with Crippen LogP contribution in [0, 0.1) is 5.92 Å². The first-order valence-corrected chi connectivity index (χ1v) is 7.95. The number of hydrogen-bond donors (Lipinski definition) is 2. The van der Waals surface area contributed by atoms with Gasteiger partial charge in [0.25, 0.3) is 0 Å². The highest BCUT2D eigenvalue weighted by atomic mass is 35.5. The molecule has 5 nitrogen and oxygen atoms in total. The van der Waals surface area contributed by atoms with Crippen LogP contribution < -0.4 is 15.4 Å². The van der Waals surface area contributed by atoms with Gasteiger partial charge in [-0.15, -0.1) is 12.4 Å². The number of amides is 1. The molecule has 23 heavy (non-hydrogen) atoms. The second kappa shape index (κ2) is 10.5. The second-order valence-corrected chi connectivity index (χ2v) is 5.76. The van der Waals surface area contributed by atoms with E-state index >= 15 is 0 Å². The van der Waals surface area contributed by atoms with Crippen LogP contribution >= 0.6 is 12.4 Å². The van der Waals surface area contributed by atoms with Crippen molar-refractivity contribution in [1.82, 2.24) is 5.32 Å². The third kappa shape index (κ3) is 6.37. The predicted octanol–water partition coefficient (Wildman–Crippen LogP) is 2.85. The van der Waals surface area contributed by atoms with Crippen molar-refractivity contribution in [3.63, 3.8) is 0 Å². The summed E-state index contributed by atoms with van der Waals surface area (Å²) in [5.74, 6) is 0.869. The third-order valence-electron chi connectivity index (χ3n) is 3.89. The zero-order valence-corrected chi connectivity index (χ0v) is 14.7. The van der Waals surface area contributed by atoms with Gasteiger partial charge in [0, 0.05) is 32.1 Å². The molecule has 0 unspecified atom stereocenters. The minimum atomic E-state index is 0. The van der Waals surface area contributed by atoms with Gasteiger partial charge in [0.1, 0.15) is 5.75 Å². The molecule has 0 saturated carbocycles. The first-order chi connectivity index (χ1) is 10.7. The Labute approximate surface area is 144 Å². The zero-order chi connectivity index (χ0) is 15.8. The number of methoxy groups -OCH3 is 1. The zero-order valence-electron chi connectivity index (χ0n) is 13.8. The quantitative estimate of drug-likeness (QED) is 0.748. The number of para-hydroxylation sites is 2. The molecule has 6 heteroatoms. The number of hydrogen-bond acceptors (Lipinski definition) is 4. The summed E-state index contributed by atoms with van der Waals surface area (Å²) in [5, 5.41) is 6.38. The molecule has 1 aliphatic rings. The second-order valence-electron chi connectivity index (χ2n) is 5.76. The average Bonchev–Trinajstić information content (AvgIpc) is 2.53. The molecule has 0 aromatic heterocycles. The van der Waals surface area contributed by atoms with Crippen molar-refractivity contribution in [3.05, 3.63) is 24.3 Å². The molecule has 2 atom stereocenters. The largest absolute Gasteiger partial charge is 0.491 e. The topological polar surface area (TPSA) is 59.6 Å². The first kappa shape index (κ1) is 19.7. The lowest BCUT2D eigenvalue weighted by Crippen LogP contribution is -2.40. The van der Waals surface area contributed by atoms with Crippen LogP contribution in [0.15, 0.2) is 24.3 Å². The van der Waals surface area contributed by atoms with Gasteiger partial charge < -0.3 is 20.1 Å². The van der Waals surface area contributed by atoms with Crippen LogP contribution in [0.3, 0.4) is 0 Å². The van der Waals surface area contributed by atoms with Gasteiger partial charge in [-0.05, 0) is 38.4 Å². The Morgan fingerprint density at radius 3 is 2.87 bits per heavy atom. The van der Waals surface area contributed by atoms with E-state index in [-0.39, 0.29) is 24.2 Å². The maximum absolute atomic E-state index is 12.4. The Balaban J connectivity index is 0.00000264. The fraction of sp³-hybridized carbons (Fsp3) is 0.588. The summed E-state index contributed by atoms with van der Waals surface area (Å²) in [6.07, 6.45) is 2.58. The molecule has 0 radical (unpaired) electrons. The molecule has 1 fully saturated rings. The highest BCUT2D eigenvalue weighted by molar-refractivity contribution is 5.94. The van der Waals surface area contributed by atoms with Gasteiger partial charge in [-0.1, -0.05) is 12.1 Å². The van der Waals surface area contributed by atoms with Crippen LogP contribution in [0.4, 0.5) is 5.69 Å². The summed E-state index contributed by atoms with van der Waals surface area (Å²) in [6.45, 7) is 4.26. The smallest absolute Gasteiger partial charge is 0.227 e. The molecular weight excluding hydrogens is 316 g/mol. The van der Waals surface area contributed by atoms with E-state index in [9.17, 15) is 4.79 Å². The fourth-order valence-electron chi connectivity index (χ4n) is 2.69. The Morgan fingerprint density at radius 1 is 1.35 bits per heavy atom. The Kier molecular flexibility index (Phi) is 8.99. The number of carbonyl (C=O) groups excluding carboxylic acids is 1. The highest BCUT2D eigenvalue weighted by Crippen LogP contribution is 2.26. The summed E-state index contributed by atoms with van der Waals surface area (Å²) < 4.78 is 10.7. The summed E-state index contributed by atoms with van der Waals surface area (Å²) in [7, 11) is 1.67. The Morgan fingerprint density at radius 2 is 2.13 bits per heavy atom. The molecule has 1 saturated heterocycles. The van der Waals surface area contributed by atoms with Crippen molar-refractivity contribution in [3.8, 4) is 5.75 Å². The normalized spacial score (nSPS) is 20.4. The van der Waals surface area contributed by atoms with Crippen LogP contribution in [-0.2, 0) is 9.53 Å². The van der Waals surface area contributed by atoms with E-state index in [0.717, 1.165) is 31.5 Å². The van der Waals surface area contributed by atoms with Gasteiger partial charge in [0.05, 0.1) is 12.3 Å². The van der Waals surface area contributed by atoms with E-state index in [1.54, 1.807) is 7.11 Å². The van der Waals surface area contributed by atoms with Crippen molar-refractivity contribution in [2.45, 2.75) is 32.2 Å². The minimum absolute atomic E-state index is 0. The number of halogens is 1. The lowest BCUT2D eigenvalue weighted by Gasteiger charge is -2.27. The molecule has 1 amide bonds. The van der Waals surface area contributed by atoms with E-state index in [4.69, 9.17) is 9.47 Å². The van der Waals surface area contributed by atoms with Gasteiger partial charge >= 0.3 is 0 Å². The van der Waals surface area contributed by atoms with Crippen LogP contribution in [0.5, 0.6) is 5.75 Å². The molecule has 0 spiro atoms.